The van der Waals surface area contributed by atoms with E-state index in [-0.39, 0.29) is 6.08 Å². The molecule has 0 saturated carbocycles. The first-order valence-electron chi connectivity index (χ1n) is 5.40. The molecular weight excluding hydrogens is 325 g/mol. The normalized spacial score (nSPS) is 13.4. The molecule has 0 unspecified atom stereocenters. The minimum Gasteiger partial charge on any atom is -0.872 e. The van der Waals surface area contributed by atoms with Gasteiger partial charge in [0, 0.05) is 6.08 Å². The molecule has 0 fully saturated rings. The molecule has 0 radical (unpaired) electrons. The number of hydrogen-bond acceptors (Lipinski definition) is 3. The molecule has 0 aliphatic heterocycles. The molecule has 0 atom stereocenters. The summed E-state index contributed by atoms with van der Waals surface area (Å²) < 4.78 is 88.9. The molecule has 122 valence electrons. The highest BCUT2D eigenvalue weighted by Gasteiger charge is 2.59. The summed E-state index contributed by atoms with van der Waals surface area (Å²) >= 11 is 0. The quantitative estimate of drug-likeness (QED) is 0.370. The second-order valence-corrected chi connectivity index (χ2v) is 3.92. The zero-order chi connectivity index (χ0) is 17.1. The molecule has 0 spiro atoms. The summed E-state index contributed by atoms with van der Waals surface area (Å²) in [6.45, 7) is 0. The van der Waals surface area contributed by atoms with Crippen molar-refractivity contribution in [3.63, 3.8) is 0 Å². The van der Waals surface area contributed by atoms with Crippen LogP contribution in [0.5, 0.6) is 0 Å². The third-order valence-corrected chi connectivity index (χ3v) is 2.19. The first-order chi connectivity index (χ1) is 9.91. The van der Waals surface area contributed by atoms with Crippen LogP contribution in [0.4, 0.5) is 30.7 Å². The Morgan fingerprint density at radius 1 is 1.14 bits per heavy atom. The minimum atomic E-state index is -5.89. The average Bonchev–Trinajstić information content (AvgIpc) is 2.33. The van der Waals surface area contributed by atoms with Crippen molar-refractivity contribution in [3.8, 4) is 0 Å². The van der Waals surface area contributed by atoms with Crippen LogP contribution in [0.2, 0.25) is 0 Å². The van der Waals surface area contributed by atoms with E-state index in [1.807, 2.05) is 0 Å². The minimum absolute atomic E-state index is 0.126. The van der Waals surface area contributed by atoms with Gasteiger partial charge in [-0.2, -0.15) is 26.3 Å². The summed E-state index contributed by atoms with van der Waals surface area (Å²) in [5, 5.41) is 11.4. The Morgan fingerprint density at radius 2 is 1.68 bits per heavy atom. The van der Waals surface area contributed by atoms with E-state index < -0.39 is 41.6 Å². The van der Waals surface area contributed by atoms with Gasteiger partial charge in [0.25, 0.3) is 6.10 Å². The summed E-state index contributed by atoms with van der Waals surface area (Å²) in [7, 11) is 0. The largest absolute Gasteiger partial charge is 0.872 e. The molecule has 0 aromatic heterocycles. The van der Waals surface area contributed by atoms with Gasteiger partial charge in [-0.25, -0.2) is 9.18 Å². The van der Waals surface area contributed by atoms with Crippen LogP contribution in [0, 0.1) is 5.82 Å². The lowest BCUT2D eigenvalue weighted by atomic mass is 10.2. The van der Waals surface area contributed by atoms with Gasteiger partial charge in [0.05, 0.1) is 0 Å². The fraction of sp³-hybridized carbons (Fsp3) is 0.250. The third-order valence-electron chi connectivity index (χ3n) is 2.19. The van der Waals surface area contributed by atoms with Crippen molar-refractivity contribution >= 4 is 11.7 Å². The molecule has 0 amide bonds. The van der Waals surface area contributed by atoms with Crippen molar-refractivity contribution in [2.24, 2.45) is 0 Å². The molecule has 0 aliphatic carbocycles. The van der Waals surface area contributed by atoms with E-state index in [2.05, 4.69) is 4.74 Å². The monoisotopic (exact) mass is 331 g/mol. The number of hydrogen-bond donors (Lipinski definition) is 0. The fourth-order valence-corrected chi connectivity index (χ4v) is 1.30. The highest BCUT2D eigenvalue weighted by Crippen LogP contribution is 2.35. The van der Waals surface area contributed by atoms with Gasteiger partial charge >= 0.3 is 18.3 Å². The number of alkyl halides is 6. The van der Waals surface area contributed by atoms with Gasteiger partial charge in [0.15, 0.2) is 0 Å². The lowest BCUT2D eigenvalue weighted by Gasteiger charge is -2.22. The predicted octanol–water partition coefficient (Wildman–Crippen LogP) is 2.56. The maximum absolute atomic E-state index is 12.8. The Kier molecular flexibility index (Phi) is 5.05. The van der Waals surface area contributed by atoms with Gasteiger partial charge in [0.2, 0.25) is 0 Å². The first-order valence-corrected chi connectivity index (χ1v) is 5.40. The zero-order valence-corrected chi connectivity index (χ0v) is 10.3. The van der Waals surface area contributed by atoms with Crippen LogP contribution in [-0.4, -0.2) is 24.4 Å². The summed E-state index contributed by atoms with van der Waals surface area (Å²) in [6, 6.07) is 3.67. The molecule has 10 heteroatoms. The average molecular weight is 331 g/mol. The number of halogens is 7. The molecule has 0 saturated heterocycles. The topological polar surface area (TPSA) is 49.4 Å². The van der Waals surface area contributed by atoms with Crippen molar-refractivity contribution in [2.75, 3.05) is 0 Å². The molecule has 0 N–H and O–H groups in total. The lowest BCUT2D eigenvalue weighted by Crippen LogP contribution is -2.45. The van der Waals surface area contributed by atoms with E-state index in [4.69, 9.17) is 0 Å². The molecule has 1 aromatic carbocycles. The Morgan fingerprint density at radius 3 is 2.14 bits per heavy atom. The molecule has 0 heterocycles. The molecular formula is C12H6F7O3-. The van der Waals surface area contributed by atoms with Gasteiger partial charge in [-0.3, -0.25) is 0 Å². The van der Waals surface area contributed by atoms with E-state index in [1.54, 1.807) is 0 Å². The zero-order valence-electron chi connectivity index (χ0n) is 10.3. The lowest BCUT2D eigenvalue weighted by molar-refractivity contribution is -0.312. The molecule has 3 nitrogen and oxygen atoms in total. The van der Waals surface area contributed by atoms with Crippen LogP contribution in [0.15, 0.2) is 30.3 Å². The third kappa shape index (κ3) is 4.93. The second kappa shape index (κ2) is 6.24. The van der Waals surface area contributed by atoms with Crippen molar-refractivity contribution in [2.45, 2.75) is 18.5 Å². The van der Waals surface area contributed by atoms with E-state index >= 15 is 0 Å². The molecule has 0 bridgehead atoms. The maximum atomic E-state index is 12.8. The number of rotatable bonds is 3. The van der Waals surface area contributed by atoms with Gasteiger partial charge in [0.1, 0.15) is 5.82 Å². The van der Waals surface area contributed by atoms with Crippen molar-refractivity contribution in [3.05, 3.63) is 41.7 Å². The number of benzene rings is 1. The maximum Gasteiger partial charge on any atom is 0.434 e. The van der Waals surface area contributed by atoms with Crippen molar-refractivity contribution in [1.82, 2.24) is 0 Å². The van der Waals surface area contributed by atoms with Gasteiger partial charge < -0.3 is 9.84 Å². The first kappa shape index (κ1) is 17.8. The Labute approximate surface area is 118 Å². The number of esters is 1. The number of carbonyl (C=O) groups excluding carboxylic acids is 1. The van der Waals surface area contributed by atoms with Crippen LogP contribution in [0.1, 0.15) is 5.56 Å². The fourth-order valence-electron chi connectivity index (χ4n) is 1.30. The standard InChI is InChI=1S/C12H7F7O3/c13-7-3-1-2-6(4-7)8(20)5-9(21)22-10(11(14,15)16)12(17,18)19/h1-5,10,20H/p-1/b8-5-. The molecule has 22 heavy (non-hydrogen) atoms. The predicted molar refractivity (Wildman–Crippen MR) is 56.4 cm³/mol. The summed E-state index contributed by atoms with van der Waals surface area (Å²) in [4.78, 5) is 11.0. The van der Waals surface area contributed by atoms with Gasteiger partial charge in [-0.15, -0.1) is 0 Å². The van der Waals surface area contributed by atoms with Crippen LogP contribution in [0.25, 0.3) is 5.76 Å². The van der Waals surface area contributed by atoms with Crippen molar-refractivity contribution in [1.29, 1.82) is 0 Å². The van der Waals surface area contributed by atoms with Gasteiger partial charge in [-0.1, -0.05) is 17.9 Å². The van der Waals surface area contributed by atoms with E-state index in [0.717, 1.165) is 18.2 Å². The van der Waals surface area contributed by atoms with E-state index in [9.17, 15) is 40.6 Å². The highest BCUT2D eigenvalue weighted by molar-refractivity contribution is 5.89. The summed E-state index contributed by atoms with van der Waals surface area (Å²) in [5.74, 6) is -4.32. The number of carbonyl (C=O) groups is 1. The van der Waals surface area contributed by atoms with Crippen LogP contribution in [-0.2, 0) is 9.53 Å². The van der Waals surface area contributed by atoms with E-state index in [1.165, 1.54) is 0 Å². The Bertz CT molecular complexity index is 561. The smallest absolute Gasteiger partial charge is 0.434 e. The number of ether oxygens (including phenoxy) is 1. The van der Waals surface area contributed by atoms with Crippen LogP contribution >= 0.6 is 0 Å². The molecule has 0 aliphatic rings. The molecule has 1 rings (SSSR count). The summed E-state index contributed by atoms with van der Waals surface area (Å²) in [6.07, 6.45) is -16.3. The second-order valence-electron chi connectivity index (χ2n) is 3.92. The van der Waals surface area contributed by atoms with E-state index in [0.29, 0.717) is 6.07 Å². The van der Waals surface area contributed by atoms with Crippen molar-refractivity contribution < 1.29 is 45.4 Å². The SMILES string of the molecule is O=C(/C=C(\[O-])c1cccc(F)c1)OC(C(F)(F)F)C(F)(F)F. The Hall–Kier alpha value is -2.26. The Balaban J connectivity index is 2.94. The van der Waals surface area contributed by atoms with Crippen LogP contribution < -0.4 is 5.11 Å². The molecule has 1 aromatic rings. The van der Waals surface area contributed by atoms with Gasteiger partial charge in [-0.05, 0) is 17.7 Å². The summed E-state index contributed by atoms with van der Waals surface area (Å²) in [5.41, 5.74) is -0.437. The highest BCUT2D eigenvalue weighted by atomic mass is 19.4. The van der Waals surface area contributed by atoms with Crippen LogP contribution in [0.3, 0.4) is 0 Å².